The Balaban J connectivity index is 0.000000424. The minimum Gasteiger partial charge on any atom is -0.494 e. The zero-order valence-electron chi connectivity index (χ0n) is 8.03. The Hall–Kier alpha value is -0.995. The van der Waals surface area contributed by atoms with Gasteiger partial charge in [-0.2, -0.15) is 0 Å². The molecule has 0 saturated carbocycles. The molecule has 1 rings (SSSR count). The third kappa shape index (κ3) is 6.19. The van der Waals surface area contributed by atoms with Gasteiger partial charge in [0.05, 0.1) is 6.61 Å². The lowest BCUT2D eigenvalue weighted by Crippen LogP contribution is -1.90. The Bertz CT molecular complexity index is 228. The van der Waals surface area contributed by atoms with E-state index < -0.39 is 7.69 Å². The second-order valence-corrected chi connectivity index (χ2v) is 2.39. The van der Waals surface area contributed by atoms with Gasteiger partial charge in [0, 0.05) is 0 Å². The van der Waals surface area contributed by atoms with Crippen molar-refractivity contribution in [1.29, 1.82) is 0 Å². The highest BCUT2D eigenvalue weighted by atomic mass is 16.5. The van der Waals surface area contributed by atoms with Crippen molar-refractivity contribution in [3.8, 4) is 5.75 Å². The first-order valence-corrected chi connectivity index (χ1v) is 4.15. The van der Waals surface area contributed by atoms with Gasteiger partial charge in [0.15, 0.2) is 0 Å². The number of benzene rings is 1. The van der Waals surface area contributed by atoms with Gasteiger partial charge in [-0.3, -0.25) is 0 Å². The molecule has 0 spiro atoms. The van der Waals surface area contributed by atoms with E-state index in [9.17, 15) is 0 Å². The standard InChI is InChI=1S/C9H12O.BH3O2/c1-3-10-9-6-4-5-8(2)7-9;2-1-3/h4-7H,3H2,1-2H3;1-3H. The average Bonchev–Trinajstić information content (AvgIpc) is 2.06. The lowest BCUT2D eigenvalue weighted by atomic mass is 10.2. The second-order valence-electron chi connectivity index (χ2n) is 2.39. The summed E-state index contributed by atoms with van der Waals surface area (Å²) >= 11 is 0. The summed E-state index contributed by atoms with van der Waals surface area (Å²) < 4.78 is 5.29. The van der Waals surface area contributed by atoms with Crippen molar-refractivity contribution in [3.05, 3.63) is 29.8 Å². The third-order valence-corrected chi connectivity index (χ3v) is 1.30. The first-order chi connectivity index (χ1) is 6.24. The molecule has 0 aliphatic carbocycles. The molecule has 1 aromatic rings. The molecule has 0 heterocycles. The monoisotopic (exact) mass is 182 g/mol. The first kappa shape index (κ1) is 12.0. The van der Waals surface area contributed by atoms with Crippen molar-refractivity contribution in [2.75, 3.05) is 6.61 Å². The zero-order valence-corrected chi connectivity index (χ0v) is 8.03. The van der Waals surface area contributed by atoms with E-state index in [-0.39, 0.29) is 0 Å². The second kappa shape index (κ2) is 7.64. The van der Waals surface area contributed by atoms with Crippen LogP contribution in [0.3, 0.4) is 0 Å². The molecule has 1 aromatic carbocycles. The van der Waals surface area contributed by atoms with Gasteiger partial charge in [-0.05, 0) is 31.5 Å². The van der Waals surface area contributed by atoms with E-state index in [1.54, 1.807) is 0 Å². The van der Waals surface area contributed by atoms with Crippen molar-refractivity contribution in [2.24, 2.45) is 0 Å². The Labute approximate surface area is 79.3 Å². The van der Waals surface area contributed by atoms with Crippen molar-refractivity contribution < 1.29 is 14.8 Å². The largest absolute Gasteiger partial charge is 0.494 e. The van der Waals surface area contributed by atoms with Crippen molar-refractivity contribution in [1.82, 2.24) is 0 Å². The van der Waals surface area contributed by atoms with Crippen LogP contribution in [0.25, 0.3) is 0 Å². The van der Waals surface area contributed by atoms with Gasteiger partial charge in [0.1, 0.15) is 5.75 Å². The van der Waals surface area contributed by atoms with Gasteiger partial charge in [0.25, 0.3) is 0 Å². The van der Waals surface area contributed by atoms with Crippen LogP contribution in [0.1, 0.15) is 12.5 Å². The number of hydrogen-bond donors (Lipinski definition) is 2. The summed E-state index contributed by atoms with van der Waals surface area (Å²) in [6, 6.07) is 8.06. The highest BCUT2D eigenvalue weighted by Gasteiger charge is 1.88. The molecular formula is C9H15BO3. The van der Waals surface area contributed by atoms with Crippen LogP contribution in [0.5, 0.6) is 5.75 Å². The fourth-order valence-electron chi connectivity index (χ4n) is 0.872. The summed E-state index contributed by atoms with van der Waals surface area (Å²) in [6.45, 7) is 4.79. The minimum absolute atomic E-state index is 0.740. The fraction of sp³-hybridized carbons (Fsp3) is 0.333. The highest BCUT2D eigenvalue weighted by molar-refractivity contribution is 6.13. The summed E-state index contributed by atoms with van der Waals surface area (Å²) in [4.78, 5) is 0. The zero-order chi connectivity index (χ0) is 10.1. The molecular weight excluding hydrogens is 167 g/mol. The fourth-order valence-corrected chi connectivity index (χ4v) is 0.872. The molecule has 72 valence electrons. The molecule has 0 aliphatic heterocycles. The molecule has 0 saturated heterocycles. The molecule has 0 unspecified atom stereocenters. The van der Waals surface area contributed by atoms with Gasteiger partial charge in [-0.15, -0.1) is 0 Å². The molecule has 13 heavy (non-hydrogen) atoms. The maximum atomic E-state index is 7.12. The summed E-state index contributed by atoms with van der Waals surface area (Å²) in [5, 5.41) is 14.2. The van der Waals surface area contributed by atoms with E-state index in [2.05, 4.69) is 13.0 Å². The molecule has 3 nitrogen and oxygen atoms in total. The van der Waals surface area contributed by atoms with Crippen LogP contribution in [0, 0.1) is 6.92 Å². The van der Waals surface area contributed by atoms with Crippen LogP contribution in [0.15, 0.2) is 24.3 Å². The SMILES string of the molecule is CCOc1cccc(C)c1.OBO. The van der Waals surface area contributed by atoms with Gasteiger partial charge >= 0.3 is 7.69 Å². The van der Waals surface area contributed by atoms with Crippen LogP contribution in [0.4, 0.5) is 0 Å². The predicted octanol–water partition coefficient (Wildman–Crippen LogP) is 0.631. The minimum atomic E-state index is -0.750. The van der Waals surface area contributed by atoms with Crippen molar-refractivity contribution in [2.45, 2.75) is 13.8 Å². The molecule has 0 bridgehead atoms. The Morgan fingerprint density at radius 2 is 2.00 bits per heavy atom. The van der Waals surface area contributed by atoms with E-state index >= 15 is 0 Å². The van der Waals surface area contributed by atoms with Gasteiger partial charge < -0.3 is 14.8 Å². The smallest absolute Gasteiger partial charge is 0.432 e. The summed E-state index contributed by atoms with van der Waals surface area (Å²) in [7, 11) is -0.750. The molecule has 0 aromatic heterocycles. The predicted molar refractivity (Wildman–Crippen MR) is 53.9 cm³/mol. The van der Waals surface area contributed by atoms with Crippen LogP contribution >= 0.6 is 0 Å². The Kier molecular flexibility index (Phi) is 7.06. The third-order valence-electron chi connectivity index (χ3n) is 1.30. The van der Waals surface area contributed by atoms with Crippen molar-refractivity contribution >= 4 is 7.69 Å². The maximum absolute atomic E-state index is 7.12. The number of rotatable bonds is 2. The number of hydrogen-bond acceptors (Lipinski definition) is 3. The van der Waals surface area contributed by atoms with E-state index in [0.717, 1.165) is 12.4 Å². The quantitative estimate of drug-likeness (QED) is 0.659. The maximum Gasteiger partial charge on any atom is 0.432 e. The molecule has 0 amide bonds. The van der Waals surface area contributed by atoms with E-state index in [1.165, 1.54) is 5.56 Å². The lowest BCUT2D eigenvalue weighted by Gasteiger charge is -2.01. The van der Waals surface area contributed by atoms with E-state index in [4.69, 9.17) is 14.8 Å². The summed E-state index contributed by atoms with van der Waals surface area (Å²) in [6.07, 6.45) is 0. The number of ether oxygens (including phenoxy) is 1. The summed E-state index contributed by atoms with van der Waals surface area (Å²) in [5.41, 5.74) is 1.24. The lowest BCUT2D eigenvalue weighted by molar-refractivity contribution is 0.340. The average molecular weight is 182 g/mol. The molecule has 0 radical (unpaired) electrons. The number of aryl methyl sites for hydroxylation is 1. The van der Waals surface area contributed by atoms with Crippen LogP contribution < -0.4 is 4.74 Å². The Morgan fingerprint density at radius 1 is 1.38 bits per heavy atom. The van der Waals surface area contributed by atoms with Crippen LogP contribution in [0.2, 0.25) is 0 Å². The van der Waals surface area contributed by atoms with Gasteiger partial charge in [-0.25, -0.2) is 0 Å². The van der Waals surface area contributed by atoms with E-state index in [0.29, 0.717) is 0 Å². The summed E-state index contributed by atoms with van der Waals surface area (Å²) in [5.74, 6) is 0.961. The molecule has 2 N–H and O–H groups in total. The van der Waals surface area contributed by atoms with Gasteiger partial charge in [-0.1, -0.05) is 12.1 Å². The molecule has 0 aliphatic rings. The normalized spacial score (nSPS) is 8.31. The van der Waals surface area contributed by atoms with Crippen LogP contribution in [-0.4, -0.2) is 24.3 Å². The Morgan fingerprint density at radius 3 is 2.46 bits per heavy atom. The molecule has 0 atom stereocenters. The first-order valence-electron chi connectivity index (χ1n) is 4.15. The molecule has 0 fully saturated rings. The van der Waals surface area contributed by atoms with E-state index in [1.807, 2.05) is 25.1 Å². The van der Waals surface area contributed by atoms with Gasteiger partial charge in [0.2, 0.25) is 0 Å². The molecule has 4 heteroatoms. The highest BCUT2D eigenvalue weighted by Crippen LogP contribution is 2.11. The van der Waals surface area contributed by atoms with Crippen molar-refractivity contribution in [3.63, 3.8) is 0 Å². The topological polar surface area (TPSA) is 49.7 Å². The van der Waals surface area contributed by atoms with Crippen LogP contribution in [-0.2, 0) is 0 Å².